The van der Waals surface area contributed by atoms with Gasteiger partial charge in [-0.25, -0.2) is 0 Å². The maximum absolute atomic E-state index is 4.23. The van der Waals surface area contributed by atoms with Crippen LogP contribution in [0.25, 0.3) is 50.8 Å². The highest BCUT2D eigenvalue weighted by molar-refractivity contribution is 8.00. The number of hydrogen-bond donors (Lipinski definition) is 0. The largest absolute Gasteiger partial charge is 0.316 e. The highest BCUT2D eigenvalue weighted by Gasteiger charge is 2.48. The van der Waals surface area contributed by atoms with E-state index < -0.39 is 5.41 Å². The van der Waals surface area contributed by atoms with Crippen LogP contribution in [0.1, 0.15) is 46.2 Å². The van der Waals surface area contributed by atoms with E-state index >= 15 is 0 Å². The van der Waals surface area contributed by atoms with Crippen LogP contribution in [0.3, 0.4) is 0 Å². The van der Waals surface area contributed by atoms with Gasteiger partial charge in [-0.2, -0.15) is 0 Å². The lowest BCUT2D eigenvalue weighted by Crippen LogP contribution is -2.31. The molecule has 2 aliphatic carbocycles. The molecule has 0 radical (unpaired) electrons. The maximum Gasteiger partial charge on any atom is 0.0711 e. The number of benzene rings is 6. The quantitative estimate of drug-likeness (QED) is 0.178. The van der Waals surface area contributed by atoms with Crippen molar-refractivity contribution in [2.75, 3.05) is 0 Å². The minimum absolute atomic E-state index is 0.363. The molecule has 1 aliphatic heterocycles. The third kappa shape index (κ3) is 4.15. The first kappa shape index (κ1) is 29.4. The van der Waals surface area contributed by atoms with Crippen LogP contribution in [0.5, 0.6) is 0 Å². The molecule has 0 fully saturated rings. The van der Waals surface area contributed by atoms with E-state index in [1.54, 1.807) is 0 Å². The number of fused-ring (bicyclic) bond motifs is 9. The summed E-state index contributed by atoms with van der Waals surface area (Å²) >= 11 is 2.01. The van der Waals surface area contributed by atoms with Crippen LogP contribution in [-0.4, -0.2) is 9.82 Å². The van der Waals surface area contributed by atoms with Crippen LogP contribution in [-0.2, 0) is 5.41 Å². The van der Waals surface area contributed by atoms with Gasteiger partial charge in [0.05, 0.1) is 16.4 Å². The summed E-state index contributed by atoms with van der Waals surface area (Å²) in [6.07, 6.45) is 12.0. The first-order valence-electron chi connectivity index (χ1n) is 17.4. The summed E-state index contributed by atoms with van der Waals surface area (Å²) in [5.74, 6) is 0.395. The summed E-state index contributed by atoms with van der Waals surface area (Å²) in [5, 5.41) is 2.88. The van der Waals surface area contributed by atoms with Crippen LogP contribution in [0.2, 0.25) is 0 Å². The molecule has 1 nitrogen and oxygen atoms in total. The summed E-state index contributed by atoms with van der Waals surface area (Å²) in [6, 6.07) is 51.6. The first-order valence-corrected chi connectivity index (χ1v) is 18.3. The van der Waals surface area contributed by atoms with Gasteiger partial charge in [-0.05, 0) is 87.3 Å². The van der Waals surface area contributed by atoms with Gasteiger partial charge in [-0.3, -0.25) is 0 Å². The van der Waals surface area contributed by atoms with E-state index in [0.717, 1.165) is 5.57 Å². The van der Waals surface area contributed by atoms with Gasteiger partial charge in [0.15, 0.2) is 0 Å². The number of nitrogens with zero attached hydrogens (tertiary/aromatic N) is 1. The monoisotopic (exact) mass is 657 g/mol. The zero-order valence-corrected chi connectivity index (χ0v) is 28.7. The molecule has 0 saturated heterocycles. The van der Waals surface area contributed by atoms with Crippen molar-refractivity contribution in [3.8, 4) is 11.1 Å². The summed E-state index contributed by atoms with van der Waals surface area (Å²) < 4.78 is 2.35. The number of thioether (sulfide) groups is 1. The van der Waals surface area contributed by atoms with Crippen molar-refractivity contribution >= 4 is 51.4 Å². The lowest BCUT2D eigenvalue weighted by molar-refractivity contribution is 0.742. The Labute approximate surface area is 297 Å². The molecule has 10 rings (SSSR count). The topological polar surface area (TPSA) is 4.93 Å². The average Bonchev–Trinajstić information content (AvgIpc) is 3.80. The van der Waals surface area contributed by atoms with Crippen molar-refractivity contribution in [1.29, 1.82) is 0 Å². The molecule has 2 atom stereocenters. The number of allylic oxidation sites excluding steroid dienone is 4. The molecule has 2 heteroatoms. The third-order valence-corrected chi connectivity index (χ3v) is 12.4. The van der Waals surface area contributed by atoms with E-state index in [1.165, 1.54) is 76.8 Å². The Bertz CT molecular complexity index is 2580. The SMILES string of the molecule is C=C(C)c1ccccc1/C=C\n1c2ccccc2c2cc(C3(C4=CC5Sc6ccccc6C5C=C4)c4ccccc4-c4ccccc43)ccc21. The second kappa shape index (κ2) is 11.2. The predicted molar refractivity (Wildman–Crippen MR) is 214 cm³/mol. The molecule has 2 unspecified atom stereocenters. The molecule has 50 heavy (non-hydrogen) atoms. The molecule has 6 aromatic carbocycles. The van der Waals surface area contributed by atoms with Crippen LogP contribution in [0.4, 0.5) is 0 Å². The fourth-order valence-electron chi connectivity index (χ4n) is 8.91. The molecule has 0 amide bonds. The van der Waals surface area contributed by atoms with Gasteiger partial charge in [0, 0.05) is 33.0 Å². The zero-order valence-electron chi connectivity index (χ0n) is 27.9. The van der Waals surface area contributed by atoms with Gasteiger partial charge in [0.1, 0.15) is 0 Å². The smallest absolute Gasteiger partial charge is 0.0711 e. The van der Waals surface area contributed by atoms with Crippen molar-refractivity contribution < 1.29 is 0 Å². The Kier molecular flexibility index (Phi) is 6.59. The van der Waals surface area contributed by atoms with Gasteiger partial charge < -0.3 is 4.57 Å². The van der Waals surface area contributed by atoms with Crippen molar-refractivity contribution in [1.82, 2.24) is 4.57 Å². The van der Waals surface area contributed by atoms with E-state index in [9.17, 15) is 0 Å². The van der Waals surface area contributed by atoms with E-state index in [-0.39, 0.29) is 0 Å². The summed E-state index contributed by atoms with van der Waals surface area (Å²) in [4.78, 5) is 1.40. The van der Waals surface area contributed by atoms with Crippen molar-refractivity contribution in [2.45, 2.75) is 28.4 Å². The normalized spacial score (nSPS) is 18.2. The van der Waals surface area contributed by atoms with Gasteiger partial charge in [0.2, 0.25) is 0 Å². The van der Waals surface area contributed by atoms with E-state index in [4.69, 9.17) is 0 Å². The molecule has 0 bridgehead atoms. The van der Waals surface area contributed by atoms with Crippen molar-refractivity contribution in [3.05, 3.63) is 203 Å². The number of hydrogen-bond acceptors (Lipinski definition) is 1. The zero-order chi connectivity index (χ0) is 33.4. The fraction of sp³-hybridized carbons (Fsp3) is 0.0833. The highest BCUT2D eigenvalue weighted by atomic mass is 32.2. The van der Waals surface area contributed by atoms with Crippen LogP contribution < -0.4 is 0 Å². The molecule has 0 spiro atoms. The molecule has 0 saturated carbocycles. The van der Waals surface area contributed by atoms with E-state index in [2.05, 4.69) is 188 Å². The average molecular weight is 658 g/mol. The Hall–Kier alpha value is -5.57. The van der Waals surface area contributed by atoms with Gasteiger partial charge >= 0.3 is 0 Å². The minimum Gasteiger partial charge on any atom is -0.316 e. The summed E-state index contributed by atoms with van der Waals surface area (Å²) in [7, 11) is 0. The molecule has 3 aliphatic rings. The number of rotatable bonds is 5. The lowest BCUT2D eigenvalue weighted by Gasteiger charge is -2.37. The summed E-state index contributed by atoms with van der Waals surface area (Å²) in [6.45, 7) is 6.31. The molecule has 238 valence electrons. The van der Waals surface area contributed by atoms with Crippen LogP contribution in [0, 0.1) is 0 Å². The lowest BCUT2D eigenvalue weighted by atomic mass is 9.65. The fourth-order valence-corrected chi connectivity index (χ4v) is 10.3. The maximum atomic E-state index is 4.23. The molecule has 2 heterocycles. The van der Waals surface area contributed by atoms with Gasteiger partial charge in [-0.1, -0.05) is 146 Å². The summed E-state index contributed by atoms with van der Waals surface area (Å²) in [5.41, 5.74) is 14.8. The second-order valence-corrected chi connectivity index (χ2v) is 15.0. The predicted octanol–water partition coefficient (Wildman–Crippen LogP) is 12.5. The van der Waals surface area contributed by atoms with Gasteiger partial charge in [-0.15, -0.1) is 11.8 Å². The van der Waals surface area contributed by atoms with Crippen LogP contribution in [0.15, 0.2) is 175 Å². The highest BCUT2D eigenvalue weighted by Crippen LogP contribution is 2.59. The Morgan fingerprint density at radius 1 is 0.720 bits per heavy atom. The molecular formula is C48H35NS. The molecular weight excluding hydrogens is 623 g/mol. The molecule has 1 aromatic heterocycles. The Balaban J connectivity index is 1.21. The number of para-hydroxylation sites is 1. The third-order valence-electron chi connectivity index (χ3n) is 11.1. The Morgan fingerprint density at radius 3 is 2.22 bits per heavy atom. The standard InChI is InChI=1S/C48H35NS/c1-31(2)35-14-4-3-13-32(35)27-28-49-44-21-11-7-17-38(44)41-29-33(24-26-45(41)49)48(42-19-9-5-15-36(42)37-16-6-10-20-43(37)48)34-23-25-40-39-18-8-12-22-46(39)50-47(40)30-34/h3-30,40,47H,1H2,2H3/b28-27-. The van der Waals surface area contributed by atoms with Crippen molar-refractivity contribution in [3.63, 3.8) is 0 Å². The van der Waals surface area contributed by atoms with Crippen molar-refractivity contribution in [2.24, 2.45) is 0 Å². The van der Waals surface area contributed by atoms with E-state index in [1.807, 2.05) is 11.8 Å². The van der Waals surface area contributed by atoms with Crippen LogP contribution >= 0.6 is 11.8 Å². The van der Waals surface area contributed by atoms with E-state index in [0.29, 0.717) is 11.2 Å². The minimum atomic E-state index is -0.447. The first-order chi connectivity index (χ1) is 24.6. The molecule has 0 N–H and O–H groups in total. The Morgan fingerprint density at radius 2 is 1.40 bits per heavy atom. The van der Waals surface area contributed by atoms with Gasteiger partial charge in [0.25, 0.3) is 0 Å². The second-order valence-electron chi connectivity index (χ2n) is 13.8. The number of aromatic nitrogens is 1. The molecule has 7 aromatic rings.